The SMILES string of the molecule is CC(C)C(NC(=O)C(N)CO)C(=O)NC(C(=O)NC(Cc1ccccc1)C(=O)O)C(C)O. The van der Waals surface area contributed by atoms with Crippen molar-refractivity contribution in [3.05, 3.63) is 35.9 Å². The Morgan fingerprint density at radius 3 is 1.91 bits per heavy atom. The molecule has 0 aliphatic heterocycles. The summed E-state index contributed by atoms with van der Waals surface area (Å²) in [5.41, 5.74) is 6.14. The van der Waals surface area contributed by atoms with E-state index in [2.05, 4.69) is 16.0 Å². The Balaban J connectivity index is 2.93. The van der Waals surface area contributed by atoms with Crippen molar-refractivity contribution in [2.24, 2.45) is 11.7 Å². The molecule has 3 amide bonds. The Kier molecular flexibility index (Phi) is 10.8. The number of benzene rings is 1. The van der Waals surface area contributed by atoms with E-state index in [0.29, 0.717) is 5.56 Å². The van der Waals surface area contributed by atoms with E-state index in [0.717, 1.165) is 0 Å². The molecule has 32 heavy (non-hydrogen) atoms. The first-order valence-corrected chi connectivity index (χ1v) is 10.2. The smallest absolute Gasteiger partial charge is 0.326 e. The number of aliphatic hydroxyl groups excluding tert-OH is 2. The summed E-state index contributed by atoms with van der Waals surface area (Å²) in [4.78, 5) is 49.0. The quantitative estimate of drug-likeness (QED) is 0.192. The number of carbonyl (C=O) groups is 4. The Bertz CT molecular complexity index is 786. The average molecular weight is 453 g/mol. The molecule has 0 spiro atoms. The van der Waals surface area contributed by atoms with Gasteiger partial charge in [-0.05, 0) is 18.4 Å². The highest BCUT2D eigenvalue weighted by atomic mass is 16.4. The van der Waals surface area contributed by atoms with E-state index in [9.17, 15) is 29.4 Å². The van der Waals surface area contributed by atoms with E-state index in [1.807, 2.05) is 0 Å². The lowest BCUT2D eigenvalue weighted by Gasteiger charge is -2.28. The summed E-state index contributed by atoms with van der Waals surface area (Å²) in [6.45, 7) is 3.94. The van der Waals surface area contributed by atoms with Crippen LogP contribution in [0.4, 0.5) is 0 Å². The van der Waals surface area contributed by atoms with Crippen molar-refractivity contribution >= 4 is 23.7 Å². The molecule has 0 heterocycles. The summed E-state index contributed by atoms with van der Waals surface area (Å²) in [6.07, 6.45) is -1.35. The highest BCUT2D eigenvalue weighted by Crippen LogP contribution is 2.07. The number of aliphatic hydroxyl groups is 2. The minimum atomic E-state index is -1.47. The van der Waals surface area contributed by atoms with Gasteiger partial charge in [0, 0.05) is 6.42 Å². The van der Waals surface area contributed by atoms with Gasteiger partial charge >= 0.3 is 5.97 Å². The minimum absolute atomic E-state index is 0.00607. The molecular formula is C21H32N4O7. The molecule has 11 heteroatoms. The van der Waals surface area contributed by atoms with Crippen LogP contribution < -0.4 is 21.7 Å². The fourth-order valence-electron chi connectivity index (χ4n) is 2.84. The molecule has 0 aliphatic carbocycles. The van der Waals surface area contributed by atoms with Gasteiger partial charge in [-0.1, -0.05) is 44.2 Å². The Morgan fingerprint density at radius 1 is 0.906 bits per heavy atom. The number of hydrogen-bond donors (Lipinski definition) is 7. The van der Waals surface area contributed by atoms with Gasteiger partial charge in [0.2, 0.25) is 17.7 Å². The Morgan fingerprint density at radius 2 is 1.44 bits per heavy atom. The summed E-state index contributed by atoms with van der Waals surface area (Å²) in [6, 6.07) is 3.58. The van der Waals surface area contributed by atoms with Crippen LogP contribution in [0.1, 0.15) is 26.3 Å². The molecule has 1 aromatic carbocycles. The third-order valence-corrected chi connectivity index (χ3v) is 4.74. The lowest BCUT2D eigenvalue weighted by atomic mass is 10.0. The third kappa shape index (κ3) is 8.25. The van der Waals surface area contributed by atoms with Crippen molar-refractivity contribution < 1.29 is 34.5 Å². The molecule has 1 rings (SSSR count). The molecule has 5 atom stereocenters. The van der Waals surface area contributed by atoms with Gasteiger partial charge in [0.1, 0.15) is 24.2 Å². The molecule has 5 unspecified atom stereocenters. The van der Waals surface area contributed by atoms with Crippen molar-refractivity contribution in [3.8, 4) is 0 Å². The molecule has 0 saturated heterocycles. The van der Waals surface area contributed by atoms with E-state index in [4.69, 9.17) is 10.8 Å². The molecule has 0 bridgehead atoms. The number of nitrogens with one attached hydrogen (secondary N) is 3. The van der Waals surface area contributed by atoms with Crippen molar-refractivity contribution in [2.75, 3.05) is 6.61 Å². The molecule has 0 aliphatic rings. The molecule has 8 N–H and O–H groups in total. The zero-order chi connectivity index (χ0) is 24.4. The van der Waals surface area contributed by atoms with Crippen LogP contribution in [0.2, 0.25) is 0 Å². The summed E-state index contributed by atoms with van der Waals surface area (Å²) in [5.74, 6) is -4.10. The van der Waals surface area contributed by atoms with Gasteiger partial charge in [0.15, 0.2) is 0 Å². The van der Waals surface area contributed by atoms with Crippen LogP contribution in [0.25, 0.3) is 0 Å². The summed E-state index contributed by atoms with van der Waals surface area (Å²) < 4.78 is 0. The van der Waals surface area contributed by atoms with Crippen molar-refractivity contribution in [1.82, 2.24) is 16.0 Å². The van der Waals surface area contributed by atoms with Gasteiger partial charge in [-0.15, -0.1) is 0 Å². The van der Waals surface area contributed by atoms with E-state index in [-0.39, 0.29) is 6.42 Å². The lowest BCUT2D eigenvalue weighted by molar-refractivity contribution is -0.143. The van der Waals surface area contributed by atoms with Gasteiger partial charge in [0.25, 0.3) is 0 Å². The van der Waals surface area contributed by atoms with E-state index < -0.39 is 66.5 Å². The largest absolute Gasteiger partial charge is 0.480 e. The summed E-state index contributed by atoms with van der Waals surface area (Å²) in [5, 5.41) is 35.6. The Labute approximate surface area is 186 Å². The number of carbonyl (C=O) groups excluding carboxylic acids is 3. The molecule has 1 aromatic rings. The maximum absolute atomic E-state index is 12.7. The molecule has 0 aromatic heterocycles. The number of aliphatic carboxylic acids is 1. The fraction of sp³-hybridized carbons (Fsp3) is 0.524. The van der Waals surface area contributed by atoms with E-state index >= 15 is 0 Å². The minimum Gasteiger partial charge on any atom is -0.480 e. The van der Waals surface area contributed by atoms with Gasteiger partial charge in [-0.25, -0.2) is 4.79 Å². The number of carboxylic acid groups (broad SMARTS) is 1. The van der Waals surface area contributed by atoms with Crippen molar-refractivity contribution in [3.63, 3.8) is 0 Å². The molecule has 0 radical (unpaired) electrons. The second-order valence-corrected chi connectivity index (χ2v) is 7.84. The lowest BCUT2D eigenvalue weighted by Crippen LogP contribution is -2.61. The first-order chi connectivity index (χ1) is 15.0. The number of rotatable bonds is 12. The molecule has 178 valence electrons. The standard InChI is InChI=1S/C21H32N4O7/c1-11(2)16(24-18(28)14(22)10-26)19(29)25-17(12(3)27)20(30)23-15(21(31)32)9-13-7-5-4-6-8-13/h4-8,11-12,14-17,26-27H,9-10,22H2,1-3H3,(H,23,30)(H,24,28)(H,25,29)(H,31,32). The van der Waals surface area contributed by atoms with E-state index in [1.165, 1.54) is 6.92 Å². The van der Waals surface area contributed by atoms with E-state index in [1.54, 1.807) is 44.2 Å². The van der Waals surface area contributed by atoms with Crippen molar-refractivity contribution in [1.29, 1.82) is 0 Å². The van der Waals surface area contributed by atoms with Crippen LogP contribution in [0, 0.1) is 5.92 Å². The maximum Gasteiger partial charge on any atom is 0.326 e. The number of carboxylic acids is 1. The topological polar surface area (TPSA) is 191 Å². The van der Waals surface area contributed by atoms with Gasteiger partial charge in [-0.3, -0.25) is 14.4 Å². The number of nitrogens with two attached hydrogens (primary N) is 1. The van der Waals surface area contributed by atoms with Crippen LogP contribution in [0.15, 0.2) is 30.3 Å². The number of hydrogen-bond acceptors (Lipinski definition) is 7. The van der Waals surface area contributed by atoms with Crippen molar-refractivity contribution in [2.45, 2.75) is 57.5 Å². The predicted octanol–water partition coefficient (Wildman–Crippen LogP) is -1.88. The Hall–Kier alpha value is -3.02. The second-order valence-electron chi connectivity index (χ2n) is 7.84. The van der Waals surface area contributed by atoms with Gasteiger partial charge < -0.3 is 37.0 Å². The highest BCUT2D eigenvalue weighted by molar-refractivity contribution is 5.94. The first kappa shape index (κ1) is 27.0. The van der Waals surface area contributed by atoms with Crippen LogP contribution in [0.3, 0.4) is 0 Å². The predicted molar refractivity (Wildman–Crippen MR) is 115 cm³/mol. The van der Waals surface area contributed by atoms with Crippen LogP contribution in [0.5, 0.6) is 0 Å². The van der Waals surface area contributed by atoms with Gasteiger partial charge in [-0.2, -0.15) is 0 Å². The zero-order valence-corrected chi connectivity index (χ0v) is 18.3. The molecule has 11 nitrogen and oxygen atoms in total. The molecule has 0 fully saturated rings. The average Bonchev–Trinajstić information content (AvgIpc) is 2.74. The van der Waals surface area contributed by atoms with Crippen LogP contribution in [-0.4, -0.2) is 75.9 Å². The number of amides is 3. The third-order valence-electron chi connectivity index (χ3n) is 4.74. The normalized spacial score (nSPS) is 15.7. The van der Waals surface area contributed by atoms with Crippen LogP contribution >= 0.6 is 0 Å². The first-order valence-electron chi connectivity index (χ1n) is 10.2. The molecular weight excluding hydrogens is 420 g/mol. The highest BCUT2D eigenvalue weighted by Gasteiger charge is 2.33. The second kappa shape index (κ2) is 12.7. The summed E-state index contributed by atoms with van der Waals surface area (Å²) in [7, 11) is 0. The monoisotopic (exact) mass is 452 g/mol. The van der Waals surface area contributed by atoms with Gasteiger partial charge in [0.05, 0.1) is 12.7 Å². The molecule has 0 saturated carbocycles. The maximum atomic E-state index is 12.7. The summed E-state index contributed by atoms with van der Waals surface area (Å²) >= 11 is 0. The fourth-order valence-corrected chi connectivity index (χ4v) is 2.84. The van der Waals surface area contributed by atoms with Crippen LogP contribution in [-0.2, 0) is 25.6 Å². The zero-order valence-electron chi connectivity index (χ0n) is 18.3.